The number of anilines is 2. The zero-order valence-corrected chi connectivity index (χ0v) is 14.3. The van der Waals surface area contributed by atoms with Crippen molar-refractivity contribution in [2.24, 2.45) is 5.73 Å². The fraction of sp³-hybridized carbons (Fsp3) is 0.353. The Hall–Kier alpha value is -2.28. The summed E-state index contributed by atoms with van der Waals surface area (Å²) in [5, 5.41) is 3.32. The lowest BCUT2D eigenvalue weighted by molar-refractivity contribution is 0.1000. The predicted octanol–water partition coefficient (Wildman–Crippen LogP) is 1.78. The summed E-state index contributed by atoms with van der Waals surface area (Å²) in [7, 11) is 0. The molecule has 24 heavy (non-hydrogen) atoms. The van der Waals surface area contributed by atoms with Gasteiger partial charge in [0.15, 0.2) is 0 Å². The quantitative estimate of drug-likeness (QED) is 0.832. The molecule has 0 aliphatic carbocycles. The van der Waals surface area contributed by atoms with Crippen molar-refractivity contribution in [2.75, 3.05) is 41.4 Å². The Morgan fingerprint density at radius 3 is 2.88 bits per heavy atom. The number of carbonyl (C=O) groups is 1. The first-order valence-electron chi connectivity index (χ1n) is 8.00. The van der Waals surface area contributed by atoms with Crippen molar-refractivity contribution in [3.05, 3.63) is 47.8 Å². The summed E-state index contributed by atoms with van der Waals surface area (Å²) < 4.78 is 0. The normalized spacial score (nSPS) is 14.4. The Bertz CT molecular complexity index is 703. The van der Waals surface area contributed by atoms with Gasteiger partial charge in [-0.1, -0.05) is 12.1 Å². The second-order valence-electron chi connectivity index (χ2n) is 5.60. The number of carbonyl (C=O) groups excluding carboxylic acids is 1. The number of rotatable bonds is 6. The van der Waals surface area contributed by atoms with Crippen LogP contribution < -0.4 is 16.0 Å². The van der Waals surface area contributed by atoms with Crippen LogP contribution >= 0.6 is 11.8 Å². The molecule has 0 radical (unpaired) electrons. The highest BCUT2D eigenvalue weighted by atomic mass is 32.2. The van der Waals surface area contributed by atoms with Gasteiger partial charge in [-0.05, 0) is 24.1 Å². The molecule has 0 unspecified atom stereocenters. The summed E-state index contributed by atoms with van der Waals surface area (Å²) in [6, 6.07) is 9.40. The smallest absolute Gasteiger partial charge is 0.248 e. The Balaban J connectivity index is 1.57. The number of thioether (sulfide) groups is 1. The van der Waals surface area contributed by atoms with Crippen LogP contribution in [-0.4, -0.2) is 47.0 Å². The molecule has 1 saturated heterocycles. The van der Waals surface area contributed by atoms with Crippen LogP contribution in [0.4, 0.5) is 11.6 Å². The minimum Gasteiger partial charge on any atom is -0.370 e. The summed E-state index contributed by atoms with van der Waals surface area (Å²) in [4.78, 5) is 22.2. The maximum Gasteiger partial charge on any atom is 0.248 e. The van der Waals surface area contributed by atoms with Crippen LogP contribution in [0, 0.1) is 0 Å². The monoisotopic (exact) mass is 343 g/mol. The van der Waals surface area contributed by atoms with Gasteiger partial charge in [0.05, 0.1) is 0 Å². The Kier molecular flexibility index (Phi) is 5.53. The molecule has 1 aliphatic heterocycles. The molecule has 3 rings (SSSR count). The van der Waals surface area contributed by atoms with Crippen LogP contribution in [0.1, 0.15) is 15.9 Å². The first-order chi connectivity index (χ1) is 11.7. The highest BCUT2D eigenvalue weighted by molar-refractivity contribution is 7.99. The van der Waals surface area contributed by atoms with Crippen LogP contribution in [0.15, 0.2) is 36.7 Å². The van der Waals surface area contributed by atoms with Crippen molar-refractivity contribution in [1.29, 1.82) is 0 Å². The molecule has 1 amide bonds. The fourth-order valence-corrected chi connectivity index (χ4v) is 3.53. The number of hydrogen-bond acceptors (Lipinski definition) is 6. The van der Waals surface area contributed by atoms with E-state index >= 15 is 0 Å². The summed E-state index contributed by atoms with van der Waals surface area (Å²) in [5.74, 6) is 3.68. The van der Waals surface area contributed by atoms with Gasteiger partial charge in [-0.15, -0.1) is 0 Å². The van der Waals surface area contributed by atoms with Crippen LogP contribution in [0.2, 0.25) is 0 Å². The average molecular weight is 343 g/mol. The molecular weight excluding hydrogens is 322 g/mol. The molecule has 1 aliphatic rings. The Morgan fingerprint density at radius 2 is 2.08 bits per heavy atom. The number of nitrogens with one attached hydrogen (secondary N) is 1. The van der Waals surface area contributed by atoms with Crippen LogP contribution in [-0.2, 0) is 6.42 Å². The molecule has 1 fully saturated rings. The highest BCUT2D eigenvalue weighted by Crippen LogP contribution is 2.18. The first kappa shape index (κ1) is 16.6. The van der Waals surface area contributed by atoms with E-state index in [-0.39, 0.29) is 0 Å². The molecule has 1 aromatic heterocycles. The first-order valence-corrected chi connectivity index (χ1v) is 9.15. The predicted molar refractivity (Wildman–Crippen MR) is 98.7 cm³/mol. The summed E-state index contributed by atoms with van der Waals surface area (Å²) in [6.07, 6.45) is 2.40. The van der Waals surface area contributed by atoms with Crippen molar-refractivity contribution in [3.63, 3.8) is 0 Å². The lowest BCUT2D eigenvalue weighted by Crippen LogP contribution is -2.33. The van der Waals surface area contributed by atoms with Crippen molar-refractivity contribution < 1.29 is 4.79 Å². The lowest BCUT2D eigenvalue weighted by Gasteiger charge is -2.27. The van der Waals surface area contributed by atoms with E-state index in [1.54, 1.807) is 12.4 Å². The van der Waals surface area contributed by atoms with Crippen molar-refractivity contribution >= 4 is 29.3 Å². The second kappa shape index (κ2) is 8.01. The zero-order chi connectivity index (χ0) is 16.8. The number of nitrogens with two attached hydrogens (primary N) is 1. The molecule has 2 aromatic rings. The van der Waals surface area contributed by atoms with Crippen LogP contribution in [0.5, 0.6) is 0 Å². The van der Waals surface area contributed by atoms with Crippen molar-refractivity contribution in [2.45, 2.75) is 6.42 Å². The molecule has 0 spiro atoms. The van der Waals surface area contributed by atoms with Gasteiger partial charge in [0, 0.05) is 42.8 Å². The Morgan fingerprint density at radius 1 is 1.25 bits per heavy atom. The van der Waals surface area contributed by atoms with Gasteiger partial charge < -0.3 is 16.0 Å². The van der Waals surface area contributed by atoms with Gasteiger partial charge in [-0.3, -0.25) is 4.79 Å². The van der Waals surface area contributed by atoms with E-state index in [2.05, 4.69) is 20.2 Å². The number of hydrogen-bond donors (Lipinski definition) is 2. The standard InChI is InChI=1S/C17H21N5OS/c18-17(23)14-3-1-2-13(10-14)4-5-19-15-11-16(21-12-20-15)22-6-8-24-9-7-22/h1-3,10-12H,4-9H2,(H2,18,23)(H,19,20,21). The van der Waals surface area contributed by atoms with E-state index < -0.39 is 5.91 Å². The minimum atomic E-state index is -0.398. The molecule has 126 valence electrons. The Labute approximate surface area is 145 Å². The third kappa shape index (κ3) is 4.38. The molecule has 3 N–H and O–H groups in total. The average Bonchev–Trinajstić information content (AvgIpc) is 2.63. The zero-order valence-electron chi connectivity index (χ0n) is 13.4. The minimum absolute atomic E-state index is 0.398. The number of aromatic nitrogens is 2. The van der Waals surface area contributed by atoms with E-state index in [0.29, 0.717) is 5.56 Å². The van der Waals surface area contributed by atoms with E-state index in [4.69, 9.17) is 5.73 Å². The lowest BCUT2D eigenvalue weighted by atomic mass is 10.1. The maximum atomic E-state index is 11.2. The van der Waals surface area contributed by atoms with Gasteiger partial charge >= 0.3 is 0 Å². The molecule has 0 saturated carbocycles. The molecule has 7 heteroatoms. The van der Waals surface area contributed by atoms with Crippen LogP contribution in [0.25, 0.3) is 0 Å². The number of amides is 1. The molecule has 1 aromatic carbocycles. The van der Waals surface area contributed by atoms with Crippen molar-refractivity contribution in [3.8, 4) is 0 Å². The second-order valence-corrected chi connectivity index (χ2v) is 6.83. The summed E-state index contributed by atoms with van der Waals surface area (Å²) in [5.41, 5.74) is 6.92. The highest BCUT2D eigenvalue weighted by Gasteiger charge is 2.12. The third-order valence-corrected chi connectivity index (χ3v) is 4.86. The molecule has 0 bridgehead atoms. The fourth-order valence-electron chi connectivity index (χ4n) is 2.62. The number of nitrogens with zero attached hydrogens (tertiary/aromatic N) is 3. The van der Waals surface area contributed by atoms with E-state index in [1.165, 1.54) is 0 Å². The van der Waals surface area contributed by atoms with Gasteiger partial charge in [-0.2, -0.15) is 11.8 Å². The number of benzene rings is 1. The molecule has 2 heterocycles. The summed E-state index contributed by atoms with van der Waals surface area (Å²) in [6.45, 7) is 2.79. The summed E-state index contributed by atoms with van der Waals surface area (Å²) >= 11 is 1.98. The third-order valence-electron chi connectivity index (χ3n) is 3.92. The topological polar surface area (TPSA) is 84.1 Å². The molecule has 6 nitrogen and oxygen atoms in total. The van der Waals surface area contributed by atoms with Gasteiger partial charge in [0.2, 0.25) is 5.91 Å². The van der Waals surface area contributed by atoms with Gasteiger partial charge in [0.1, 0.15) is 18.0 Å². The van der Waals surface area contributed by atoms with Crippen molar-refractivity contribution in [1.82, 2.24) is 9.97 Å². The largest absolute Gasteiger partial charge is 0.370 e. The maximum absolute atomic E-state index is 11.2. The van der Waals surface area contributed by atoms with Gasteiger partial charge in [0.25, 0.3) is 0 Å². The van der Waals surface area contributed by atoms with Gasteiger partial charge in [-0.25, -0.2) is 9.97 Å². The number of primary amides is 1. The van der Waals surface area contributed by atoms with E-state index in [9.17, 15) is 4.79 Å². The van der Waals surface area contributed by atoms with Crippen LogP contribution in [0.3, 0.4) is 0 Å². The molecule has 0 atom stereocenters. The SMILES string of the molecule is NC(=O)c1cccc(CCNc2cc(N3CCSCC3)ncn2)c1. The van der Waals surface area contributed by atoms with E-state index in [1.807, 2.05) is 36.0 Å². The molecular formula is C17H21N5OS. The van der Waals surface area contributed by atoms with E-state index in [0.717, 1.165) is 54.8 Å².